The maximum Gasteiger partial charge on any atom is 0.193 e. The van der Waals surface area contributed by atoms with Crippen LogP contribution in [-0.4, -0.2) is 56.2 Å². The number of rotatable bonds is 5. The van der Waals surface area contributed by atoms with Crippen molar-refractivity contribution in [2.75, 3.05) is 45.3 Å². The summed E-state index contributed by atoms with van der Waals surface area (Å²) in [4.78, 5) is 13.2. The van der Waals surface area contributed by atoms with Crippen molar-refractivity contribution < 1.29 is 4.74 Å². The Morgan fingerprint density at radius 3 is 2.61 bits per heavy atom. The van der Waals surface area contributed by atoms with Gasteiger partial charge < -0.3 is 19.9 Å². The van der Waals surface area contributed by atoms with Gasteiger partial charge in [0.1, 0.15) is 5.82 Å². The van der Waals surface area contributed by atoms with Crippen molar-refractivity contribution >= 4 is 47.4 Å². The topological polar surface area (TPSA) is 53.0 Å². The molecule has 0 bridgehead atoms. The predicted molar refractivity (Wildman–Crippen MR) is 126 cm³/mol. The average Bonchev–Trinajstić information content (AvgIpc) is 2.71. The number of ether oxygens (including phenoxy) is 1. The minimum atomic E-state index is 0. The first-order valence-electron chi connectivity index (χ1n) is 9.09. The van der Waals surface area contributed by atoms with Gasteiger partial charge in [-0.25, -0.2) is 4.98 Å². The lowest BCUT2D eigenvalue weighted by Crippen LogP contribution is -2.38. The van der Waals surface area contributed by atoms with Crippen LogP contribution in [0.2, 0.25) is 5.02 Å². The van der Waals surface area contributed by atoms with Crippen LogP contribution in [0.3, 0.4) is 0 Å². The summed E-state index contributed by atoms with van der Waals surface area (Å²) in [5, 5.41) is 4.17. The number of nitrogens with one attached hydrogen (secondary N) is 1. The zero-order valence-corrected chi connectivity index (χ0v) is 19.4. The van der Waals surface area contributed by atoms with Gasteiger partial charge in [0.2, 0.25) is 0 Å². The van der Waals surface area contributed by atoms with Crippen LogP contribution in [0.15, 0.2) is 47.6 Å². The van der Waals surface area contributed by atoms with Gasteiger partial charge in [-0.3, -0.25) is 4.99 Å². The third-order valence-corrected chi connectivity index (χ3v) is 4.75. The largest absolute Gasteiger partial charge is 0.378 e. The van der Waals surface area contributed by atoms with Crippen molar-refractivity contribution in [1.29, 1.82) is 0 Å². The number of morpholine rings is 1. The number of benzene rings is 1. The SMILES string of the molecule is CN=C(NCc1ccnc(N2CCOCC2)c1)N(C)Cc1ccc(Cl)cc1.I. The van der Waals surface area contributed by atoms with E-state index in [-0.39, 0.29) is 24.0 Å². The fourth-order valence-corrected chi connectivity index (χ4v) is 3.17. The number of nitrogens with zero attached hydrogens (tertiary/aromatic N) is 4. The number of guanidine groups is 1. The van der Waals surface area contributed by atoms with Crippen LogP contribution in [0, 0.1) is 0 Å². The van der Waals surface area contributed by atoms with Crippen molar-refractivity contribution in [3.05, 3.63) is 58.7 Å². The highest BCUT2D eigenvalue weighted by Gasteiger charge is 2.13. The van der Waals surface area contributed by atoms with E-state index in [0.717, 1.165) is 49.6 Å². The van der Waals surface area contributed by atoms with Gasteiger partial charge in [-0.1, -0.05) is 23.7 Å². The molecule has 0 spiro atoms. The molecule has 152 valence electrons. The quantitative estimate of drug-likeness (QED) is 0.376. The number of aromatic nitrogens is 1. The molecule has 0 unspecified atom stereocenters. The summed E-state index contributed by atoms with van der Waals surface area (Å²) in [5.41, 5.74) is 2.36. The molecule has 0 amide bonds. The number of halogens is 2. The van der Waals surface area contributed by atoms with Crippen LogP contribution in [-0.2, 0) is 17.8 Å². The summed E-state index contributed by atoms with van der Waals surface area (Å²) >= 11 is 5.96. The van der Waals surface area contributed by atoms with Gasteiger partial charge in [-0.05, 0) is 35.4 Å². The van der Waals surface area contributed by atoms with Gasteiger partial charge in [-0.15, -0.1) is 24.0 Å². The smallest absolute Gasteiger partial charge is 0.193 e. The molecule has 1 N–H and O–H groups in total. The standard InChI is InChI=1S/C20H26ClN5O.HI/c1-22-20(25(2)15-16-3-5-18(21)6-4-16)24-14-17-7-8-23-19(13-17)26-9-11-27-12-10-26;/h3-8,13H,9-12,14-15H2,1-2H3,(H,22,24);1H. The molecule has 0 aliphatic carbocycles. The lowest BCUT2D eigenvalue weighted by Gasteiger charge is -2.28. The highest BCUT2D eigenvalue weighted by Crippen LogP contribution is 2.15. The Morgan fingerprint density at radius 1 is 1.21 bits per heavy atom. The molecule has 2 heterocycles. The molecule has 6 nitrogen and oxygen atoms in total. The summed E-state index contributed by atoms with van der Waals surface area (Å²) in [6, 6.07) is 12.0. The molecule has 0 radical (unpaired) electrons. The zero-order chi connectivity index (χ0) is 19.1. The monoisotopic (exact) mass is 515 g/mol. The third kappa shape index (κ3) is 6.49. The summed E-state index contributed by atoms with van der Waals surface area (Å²) in [6.07, 6.45) is 1.86. The van der Waals surface area contributed by atoms with E-state index >= 15 is 0 Å². The van der Waals surface area contributed by atoms with E-state index in [2.05, 4.69) is 31.2 Å². The molecule has 1 aliphatic heterocycles. The lowest BCUT2D eigenvalue weighted by molar-refractivity contribution is 0.122. The summed E-state index contributed by atoms with van der Waals surface area (Å²) in [6.45, 7) is 4.73. The molecular formula is C20H27ClIN5O. The van der Waals surface area contributed by atoms with E-state index in [1.54, 1.807) is 7.05 Å². The van der Waals surface area contributed by atoms with E-state index in [0.29, 0.717) is 6.54 Å². The molecule has 28 heavy (non-hydrogen) atoms. The molecule has 2 aromatic rings. The van der Waals surface area contributed by atoms with Gasteiger partial charge in [-0.2, -0.15) is 0 Å². The number of pyridine rings is 1. The summed E-state index contributed by atoms with van der Waals surface area (Å²) in [7, 11) is 3.82. The van der Waals surface area contributed by atoms with Crippen molar-refractivity contribution in [2.45, 2.75) is 13.1 Å². The number of hydrogen-bond acceptors (Lipinski definition) is 4. The van der Waals surface area contributed by atoms with Crippen molar-refractivity contribution in [3.63, 3.8) is 0 Å². The highest BCUT2D eigenvalue weighted by atomic mass is 127. The van der Waals surface area contributed by atoms with Crippen LogP contribution < -0.4 is 10.2 Å². The van der Waals surface area contributed by atoms with Gasteiger partial charge in [0.05, 0.1) is 13.2 Å². The van der Waals surface area contributed by atoms with Crippen LogP contribution >= 0.6 is 35.6 Å². The van der Waals surface area contributed by atoms with Gasteiger partial charge in [0.15, 0.2) is 5.96 Å². The molecular weight excluding hydrogens is 489 g/mol. The second-order valence-corrected chi connectivity index (χ2v) is 6.94. The van der Waals surface area contributed by atoms with Crippen LogP contribution in [0.25, 0.3) is 0 Å². The predicted octanol–water partition coefficient (Wildman–Crippen LogP) is 3.40. The van der Waals surface area contributed by atoms with Gasteiger partial charge in [0, 0.05) is 51.5 Å². The van der Waals surface area contributed by atoms with Crippen LogP contribution in [0.5, 0.6) is 0 Å². The molecule has 1 aliphatic rings. The van der Waals surface area contributed by atoms with E-state index in [9.17, 15) is 0 Å². The van der Waals surface area contributed by atoms with Gasteiger partial charge in [0.25, 0.3) is 0 Å². The van der Waals surface area contributed by atoms with E-state index < -0.39 is 0 Å². The zero-order valence-electron chi connectivity index (χ0n) is 16.3. The first kappa shape index (κ1) is 22.7. The maximum absolute atomic E-state index is 5.96. The number of hydrogen-bond donors (Lipinski definition) is 1. The molecule has 3 rings (SSSR count). The number of anilines is 1. The average molecular weight is 516 g/mol. The normalized spacial score (nSPS) is 14.4. The van der Waals surface area contributed by atoms with E-state index in [4.69, 9.17) is 16.3 Å². The molecule has 0 atom stereocenters. The minimum absolute atomic E-state index is 0. The highest BCUT2D eigenvalue weighted by molar-refractivity contribution is 14.0. The Morgan fingerprint density at radius 2 is 1.93 bits per heavy atom. The molecule has 1 aromatic heterocycles. The first-order chi connectivity index (χ1) is 13.2. The molecule has 8 heteroatoms. The number of aliphatic imine (C=N–C) groups is 1. The molecule has 1 aromatic carbocycles. The fourth-order valence-electron chi connectivity index (χ4n) is 3.04. The summed E-state index contributed by atoms with van der Waals surface area (Å²) in [5.74, 6) is 1.84. The second kappa shape index (κ2) is 11.4. The Labute approximate surface area is 189 Å². The lowest BCUT2D eigenvalue weighted by atomic mass is 10.2. The van der Waals surface area contributed by atoms with E-state index in [1.807, 2.05) is 43.6 Å². The fraction of sp³-hybridized carbons (Fsp3) is 0.400. The maximum atomic E-state index is 5.96. The Bertz CT molecular complexity index is 765. The van der Waals surface area contributed by atoms with Crippen molar-refractivity contribution in [2.24, 2.45) is 4.99 Å². The Hall–Kier alpha value is -1.58. The first-order valence-corrected chi connectivity index (χ1v) is 9.47. The van der Waals surface area contributed by atoms with E-state index in [1.165, 1.54) is 11.1 Å². The van der Waals surface area contributed by atoms with Crippen molar-refractivity contribution in [1.82, 2.24) is 15.2 Å². The van der Waals surface area contributed by atoms with Gasteiger partial charge >= 0.3 is 0 Å². The summed E-state index contributed by atoms with van der Waals surface area (Å²) < 4.78 is 5.42. The Balaban J connectivity index is 0.00000280. The molecule has 1 saturated heterocycles. The molecule has 0 saturated carbocycles. The van der Waals surface area contributed by atoms with Crippen LogP contribution in [0.1, 0.15) is 11.1 Å². The van der Waals surface area contributed by atoms with Crippen molar-refractivity contribution in [3.8, 4) is 0 Å². The molecule has 1 fully saturated rings. The Kier molecular flexibility index (Phi) is 9.27. The van der Waals surface area contributed by atoms with Crippen LogP contribution in [0.4, 0.5) is 5.82 Å². The minimum Gasteiger partial charge on any atom is -0.378 e. The second-order valence-electron chi connectivity index (χ2n) is 6.51. The third-order valence-electron chi connectivity index (χ3n) is 4.50.